The summed E-state index contributed by atoms with van der Waals surface area (Å²) in [5.41, 5.74) is 3.19. The molecule has 2 aromatic rings. The van der Waals surface area contributed by atoms with Crippen molar-refractivity contribution in [3.8, 4) is 0 Å². The largest absolute Gasteiger partial charge is 0.342 e. The van der Waals surface area contributed by atoms with Gasteiger partial charge in [0.1, 0.15) is 11.9 Å². The van der Waals surface area contributed by atoms with Gasteiger partial charge in [-0.15, -0.1) is 0 Å². The molecule has 0 bridgehead atoms. The SMILES string of the molecule is C[NH+](CC(=O)NCC(=O)Nc1ccc(F)cc1)[C@H]1CCCc2ccccc21. The molecule has 27 heavy (non-hydrogen) atoms. The van der Waals surface area contributed by atoms with Gasteiger partial charge in [0.05, 0.1) is 13.6 Å². The van der Waals surface area contributed by atoms with Crippen molar-refractivity contribution in [2.24, 2.45) is 0 Å². The second-order valence-corrected chi connectivity index (χ2v) is 7.00. The van der Waals surface area contributed by atoms with Gasteiger partial charge < -0.3 is 15.5 Å². The smallest absolute Gasteiger partial charge is 0.275 e. The number of amides is 2. The van der Waals surface area contributed by atoms with Crippen LogP contribution in [-0.2, 0) is 16.0 Å². The van der Waals surface area contributed by atoms with Crippen LogP contribution in [0.15, 0.2) is 48.5 Å². The van der Waals surface area contributed by atoms with Gasteiger partial charge in [0.2, 0.25) is 5.91 Å². The average Bonchev–Trinajstić information content (AvgIpc) is 2.67. The highest BCUT2D eigenvalue weighted by Crippen LogP contribution is 2.27. The number of halogens is 1. The molecule has 2 atom stereocenters. The van der Waals surface area contributed by atoms with Crippen molar-refractivity contribution in [2.45, 2.75) is 25.3 Å². The third kappa shape index (κ3) is 5.14. The van der Waals surface area contributed by atoms with E-state index in [1.165, 1.54) is 35.4 Å². The second-order valence-electron chi connectivity index (χ2n) is 7.00. The van der Waals surface area contributed by atoms with Crippen LogP contribution in [0.5, 0.6) is 0 Å². The summed E-state index contributed by atoms with van der Waals surface area (Å²) in [6.45, 7) is 0.202. The Morgan fingerprint density at radius 3 is 2.63 bits per heavy atom. The molecule has 1 unspecified atom stereocenters. The fraction of sp³-hybridized carbons (Fsp3) is 0.333. The third-order valence-corrected chi connectivity index (χ3v) is 4.98. The molecule has 3 N–H and O–H groups in total. The predicted octanol–water partition coefficient (Wildman–Crippen LogP) is 1.47. The normalized spacial score (nSPS) is 16.9. The maximum atomic E-state index is 12.9. The lowest BCUT2D eigenvalue weighted by Crippen LogP contribution is -3.10. The summed E-state index contributed by atoms with van der Waals surface area (Å²) in [6.07, 6.45) is 3.28. The summed E-state index contributed by atoms with van der Waals surface area (Å²) >= 11 is 0. The summed E-state index contributed by atoms with van der Waals surface area (Å²) in [4.78, 5) is 25.3. The third-order valence-electron chi connectivity index (χ3n) is 4.98. The summed E-state index contributed by atoms with van der Waals surface area (Å²) < 4.78 is 12.9. The Balaban J connectivity index is 1.48. The first-order valence-electron chi connectivity index (χ1n) is 9.25. The highest BCUT2D eigenvalue weighted by Gasteiger charge is 2.27. The maximum Gasteiger partial charge on any atom is 0.275 e. The molecule has 3 rings (SSSR count). The van der Waals surface area contributed by atoms with E-state index in [0.717, 1.165) is 24.2 Å². The van der Waals surface area contributed by atoms with Gasteiger partial charge >= 0.3 is 0 Å². The highest BCUT2D eigenvalue weighted by molar-refractivity contribution is 5.94. The Bertz CT molecular complexity index is 807. The minimum atomic E-state index is -0.364. The molecule has 0 heterocycles. The number of carbonyl (C=O) groups excluding carboxylic acids is 2. The number of likely N-dealkylation sites (N-methyl/N-ethyl adjacent to an activating group) is 1. The molecule has 1 aliphatic carbocycles. The zero-order valence-corrected chi connectivity index (χ0v) is 15.4. The van der Waals surface area contributed by atoms with E-state index in [0.29, 0.717) is 18.3 Å². The van der Waals surface area contributed by atoms with Crippen LogP contribution in [0.2, 0.25) is 0 Å². The Hall–Kier alpha value is -2.73. The summed E-state index contributed by atoms with van der Waals surface area (Å²) in [5.74, 6) is -0.864. The van der Waals surface area contributed by atoms with Crippen LogP contribution in [0, 0.1) is 5.82 Å². The van der Waals surface area contributed by atoms with Gasteiger partial charge in [0.15, 0.2) is 6.54 Å². The number of quaternary nitrogens is 1. The van der Waals surface area contributed by atoms with Gasteiger partial charge in [-0.2, -0.15) is 0 Å². The fourth-order valence-corrected chi connectivity index (χ4v) is 3.62. The van der Waals surface area contributed by atoms with E-state index in [9.17, 15) is 14.0 Å². The number of rotatable bonds is 6. The maximum absolute atomic E-state index is 12.9. The first-order valence-corrected chi connectivity index (χ1v) is 9.25. The zero-order chi connectivity index (χ0) is 19.2. The van der Waals surface area contributed by atoms with E-state index >= 15 is 0 Å². The molecule has 0 radical (unpaired) electrons. The van der Waals surface area contributed by atoms with E-state index in [-0.39, 0.29) is 24.2 Å². The van der Waals surface area contributed by atoms with Crippen molar-refractivity contribution in [3.63, 3.8) is 0 Å². The molecule has 6 heteroatoms. The number of fused-ring (bicyclic) bond motifs is 1. The highest BCUT2D eigenvalue weighted by atomic mass is 19.1. The standard InChI is InChI=1S/C21H24FN3O2/c1-25(19-8-4-6-15-5-2-3-7-18(15)19)14-21(27)23-13-20(26)24-17-11-9-16(22)10-12-17/h2-3,5,7,9-12,19H,4,6,8,13-14H2,1H3,(H,23,27)(H,24,26)/p+1/t19-/m0/s1. The number of benzene rings is 2. The van der Waals surface area contributed by atoms with Gasteiger partial charge in [-0.25, -0.2) is 4.39 Å². The summed E-state index contributed by atoms with van der Waals surface area (Å²) in [7, 11) is 2.02. The quantitative estimate of drug-likeness (QED) is 0.721. The summed E-state index contributed by atoms with van der Waals surface area (Å²) in [6, 6.07) is 14.2. The minimum absolute atomic E-state index is 0.106. The van der Waals surface area contributed by atoms with E-state index in [2.05, 4.69) is 28.8 Å². The van der Waals surface area contributed by atoms with Gasteiger partial charge in [0.25, 0.3) is 5.91 Å². The molecular weight excluding hydrogens is 345 g/mol. The lowest BCUT2D eigenvalue weighted by Gasteiger charge is -2.30. The van der Waals surface area contributed by atoms with Crippen LogP contribution in [-0.4, -0.2) is 32.0 Å². The number of hydrogen-bond acceptors (Lipinski definition) is 2. The lowest BCUT2D eigenvalue weighted by atomic mass is 9.87. The first-order chi connectivity index (χ1) is 13.0. The van der Waals surface area contributed by atoms with Crippen molar-refractivity contribution in [2.75, 3.05) is 25.5 Å². The van der Waals surface area contributed by atoms with Crippen LogP contribution in [0.4, 0.5) is 10.1 Å². The van der Waals surface area contributed by atoms with E-state index in [4.69, 9.17) is 0 Å². The monoisotopic (exact) mass is 370 g/mol. The van der Waals surface area contributed by atoms with E-state index in [1.807, 2.05) is 13.1 Å². The van der Waals surface area contributed by atoms with Gasteiger partial charge in [-0.1, -0.05) is 24.3 Å². The molecule has 2 amide bonds. The topological polar surface area (TPSA) is 62.6 Å². The average molecular weight is 370 g/mol. The second kappa shape index (κ2) is 8.77. The number of hydrogen-bond donors (Lipinski definition) is 3. The zero-order valence-electron chi connectivity index (χ0n) is 15.4. The van der Waals surface area contributed by atoms with Crippen molar-refractivity contribution in [1.29, 1.82) is 0 Å². The fourth-order valence-electron chi connectivity index (χ4n) is 3.62. The molecule has 1 aliphatic rings. The summed E-state index contributed by atoms with van der Waals surface area (Å²) in [5, 5.41) is 5.29. The Labute approximate surface area is 158 Å². The molecule has 0 fully saturated rings. The number of aryl methyl sites for hydroxylation is 1. The Morgan fingerprint density at radius 1 is 1.11 bits per heavy atom. The van der Waals surface area contributed by atoms with Crippen molar-refractivity contribution in [1.82, 2.24) is 5.32 Å². The van der Waals surface area contributed by atoms with Crippen LogP contribution in [0.3, 0.4) is 0 Å². The number of nitrogens with one attached hydrogen (secondary N) is 3. The molecule has 2 aromatic carbocycles. The van der Waals surface area contributed by atoms with Crippen LogP contribution in [0.1, 0.15) is 30.0 Å². The van der Waals surface area contributed by atoms with Gasteiger partial charge in [-0.3, -0.25) is 9.59 Å². The molecule has 0 saturated heterocycles. The van der Waals surface area contributed by atoms with Gasteiger partial charge in [0, 0.05) is 17.7 Å². The predicted molar refractivity (Wildman–Crippen MR) is 102 cm³/mol. The van der Waals surface area contributed by atoms with Crippen LogP contribution in [0.25, 0.3) is 0 Å². The Morgan fingerprint density at radius 2 is 1.85 bits per heavy atom. The Kier molecular flexibility index (Phi) is 6.19. The van der Waals surface area contributed by atoms with Crippen LogP contribution >= 0.6 is 0 Å². The molecule has 0 aliphatic heterocycles. The first kappa shape index (κ1) is 19.0. The number of anilines is 1. The van der Waals surface area contributed by atoms with E-state index < -0.39 is 0 Å². The number of carbonyl (C=O) groups is 2. The van der Waals surface area contributed by atoms with Crippen molar-refractivity contribution < 1.29 is 18.9 Å². The van der Waals surface area contributed by atoms with Gasteiger partial charge in [-0.05, 0) is 42.7 Å². The molecule has 5 nitrogen and oxygen atoms in total. The molecular formula is C21H25FN3O2+. The minimum Gasteiger partial charge on any atom is -0.342 e. The van der Waals surface area contributed by atoms with E-state index in [1.54, 1.807) is 0 Å². The molecule has 0 aromatic heterocycles. The van der Waals surface area contributed by atoms with Crippen molar-refractivity contribution in [3.05, 3.63) is 65.5 Å². The molecule has 142 valence electrons. The lowest BCUT2D eigenvalue weighted by molar-refractivity contribution is -0.905. The van der Waals surface area contributed by atoms with Crippen LogP contribution < -0.4 is 15.5 Å². The van der Waals surface area contributed by atoms with Crippen molar-refractivity contribution >= 4 is 17.5 Å². The molecule has 0 spiro atoms. The molecule has 0 saturated carbocycles.